The summed E-state index contributed by atoms with van der Waals surface area (Å²) in [5, 5.41) is 9.68. The van der Waals surface area contributed by atoms with Crippen LogP contribution in [0.1, 0.15) is 37.7 Å². The van der Waals surface area contributed by atoms with Crippen molar-refractivity contribution in [2.75, 3.05) is 6.61 Å². The first-order chi connectivity index (χ1) is 8.36. The van der Waals surface area contributed by atoms with E-state index in [-0.39, 0.29) is 6.10 Å². The Bertz CT molecular complexity index is 310. The first kappa shape index (κ1) is 12.6. The smallest absolute Gasteiger partial charge is 0.0716 e. The van der Waals surface area contributed by atoms with Crippen molar-refractivity contribution in [3.8, 4) is 0 Å². The van der Waals surface area contributed by atoms with Gasteiger partial charge in [-0.15, -0.1) is 0 Å². The second-order valence-corrected chi connectivity index (χ2v) is 4.94. The number of benzene rings is 1. The van der Waals surface area contributed by atoms with Gasteiger partial charge in [0.25, 0.3) is 0 Å². The van der Waals surface area contributed by atoms with Crippen LogP contribution in [0.25, 0.3) is 0 Å². The van der Waals surface area contributed by atoms with Gasteiger partial charge < -0.3 is 9.84 Å². The predicted octanol–water partition coefficient (Wildman–Crippen LogP) is 3.14. The number of aliphatic hydroxyl groups is 1. The summed E-state index contributed by atoms with van der Waals surface area (Å²) < 4.78 is 5.63. The molecule has 0 aliphatic heterocycles. The summed E-state index contributed by atoms with van der Waals surface area (Å²) in [7, 11) is 0. The Morgan fingerprint density at radius 3 is 2.71 bits per heavy atom. The van der Waals surface area contributed by atoms with E-state index in [1.54, 1.807) is 0 Å². The highest BCUT2D eigenvalue weighted by Gasteiger charge is 2.24. The van der Waals surface area contributed by atoms with Gasteiger partial charge in [0, 0.05) is 6.61 Å². The van der Waals surface area contributed by atoms with Crippen LogP contribution in [0, 0.1) is 5.92 Å². The maximum Gasteiger partial charge on any atom is 0.0716 e. The summed E-state index contributed by atoms with van der Waals surface area (Å²) in [6.07, 6.45) is 5.50. The van der Waals surface area contributed by atoms with Crippen LogP contribution in [0.5, 0.6) is 0 Å². The summed E-state index contributed by atoms with van der Waals surface area (Å²) in [4.78, 5) is 0. The van der Waals surface area contributed by atoms with Gasteiger partial charge in [-0.25, -0.2) is 0 Å². The van der Waals surface area contributed by atoms with E-state index in [2.05, 4.69) is 12.1 Å². The van der Waals surface area contributed by atoms with Crippen LogP contribution in [-0.4, -0.2) is 17.8 Å². The van der Waals surface area contributed by atoms with E-state index in [4.69, 9.17) is 4.74 Å². The Balaban J connectivity index is 1.55. The van der Waals surface area contributed by atoms with Gasteiger partial charge in [-0.2, -0.15) is 0 Å². The van der Waals surface area contributed by atoms with Gasteiger partial charge in [0.15, 0.2) is 0 Å². The third-order valence-electron chi connectivity index (χ3n) is 3.59. The lowest BCUT2D eigenvalue weighted by Gasteiger charge is -2.13. The van der Waals surface area contributed by atoms with E-state index >= 15 is 0 Å². The Hall–Kier alpha value is -0.860. The van der Waals surface area contributed by atoms with Gasteiger partial charge >= 0.3 is 0 Å². The molecule has 1 fully saturated rings. The first-order valence-corrected chi connectivity index (χ1v) is 6.66. The molecule has 2 heteroatoms. The van der Waals surface area contributed by atoms with Crippen LogP contribution in [0.2, 0.25) is 0 Å². The van der Waals surface area contributed by atoms with Crippen molar-refractivity contribution >= 4 is 0 Å². The zero-order chi connectivity index (χ0) is 11.9. The number of rotatable bonds is 6. The first-order valence-electron chi connectivity index (χ1n) is 6.66. The van der Waals surface area contributed by atoms with Crippen molar-refractivity contribution in [3.05, 3.63) is 35.9 Å². The molecule has 94 valence electrons. The molecular weight excluding hydrogens is 212 g/mol. The van der Waals surface area contributed by atoms with Crippen molar-refractivity contribution in [1.82, 2.24) is 0 Å². The summed E-state index contributed by atoms with van der Waals surface area (Å²) in [6.45, 7) is 1.51. The number of hydrogen-bond donors (Lipinski definition) is 1. The molecule has 0 saturated heterocycles. The normalized spacial score (nSPS) is 24.1. The molecule has 2 nitrogen and oxygen atoms in total. The van der Waals surface area contributed by atoms with Crippen molar-refractivity contribution in [2.45, 2.75) is 44.8 Å². The number of aliphatic hydroxyl groups excluding tert-OH is 1. The lowest BCUT2D eigenvalue weighted by Crippen LogP contribution is -2.13. The summed E-state index contributed by atoms with van der Waals surface area (Å²) in [5.74, 6) is 0.523. The van der Waals surface area contributed by atoms with Gasteiger partial charge in [0.05, 0.1) is 12.7 Å². The van der Waals surface area contributed by atoms with Gasteiger partial charge in [-0.3, -0.25) is 0 Å². The molecule has 1 N–H and O–H groups in total. The van der Waals surface area contributed by atoms with Crippen LogP contribution < -0.4 is 0 Å². The van der Waals surface area contributed by atoms with E-state index in [0.717, 1.165) is 25.9 Å². The molecule has 2 unspecified atom stereocenters. The van der Waals surface area contributed by atoms with Crippen LogP contribution in [0.3, 0.4) is 0 Å². The van der Waals surface area contributed by atoms with Crippen molar-refractivity contribution in [1.29, 1.82) is 0 Å². The molecule has 1 aromatic rings. The fourth-order valence-corrected chi connectivity index (χ4v) is 2.57. The molecule has 0 heterocycles. The minimum atomic E-state index is -0.0517. The Kier molecular flexibility index (Phi) is 5.02. The maximum absolute atomic E-state index is 9.68. The zero-order valence-corrected chi connectivity index (χ0v) is 10.3. The largest absolute Gasteiger partial charge is 0.393 e. The summed E-state index contributed by atoms with van der Waals surface area (Å²) >= 11 is 0. The van der Waals surface area contributed by atoms with E-state index in [1.165, 1.54) is 18.4 Å². The Morgan fingerprint density at radius 1 is 1.18 bits per heavy atom. The molecule has 1 aliphatic rings. The van der Waals surface area contributed by atoms with Crippen molar-refractivity contribution < 1.29 is 9.84 Å². The molecule has 2 rings (SSSR count). The third-order valence-corrected chi connectivity index (χ3v) is 3.59. The molecule has 2 atom stereocenters. The van der Waals surface area contributed by atoms with E-state index in [0.29, 0.717) is 12.5 Å². The lowest BCUT2D eigenvalue weighted by atomic mass is 10.0. The fraction of sp³-hybridized carbons (Fsp3) is 0.600. The van der Waals surface area contributed by atoms with Crippen molar-refractivity contribution in [3.63, 3.8) is 0 Å². The molecule has 1 aliphatic carbocycles. The minimum Gasteiger partial charge on any atom is -0.393 e. The number of ether oxygens (including phenoxy) is 1. The molecule has 0 radical (unpaired) electrons. The monoisotopic (exact) mass is 234 g/mol. The molecular formula is C15H22O2. The van der Waals surface area contributed by atoms with E-state index in [9.17, 15) is 5.11 Å². The topological polar surface area (TPSA) is 29.5 Å². The Labute approximate surface area is 104 Å². The van der Waals surface area contributed by atoms with Gasteiger partial charge in [0.2, 0.25) is 0 Å². The molecule has 0 aromatic heterocycles. The highest BCUT2D eigenvalue weighted by atomic mass is 16.5. The second-order valence-electron chi connectivity index (χ2n) is 4.94. The van der Waals surface area contributed by atoms with E-state index in [1.807, 2.05) is 18.2 Å². The maximum atomic E-state index is 9.68. The average molecular weight is 234 g/mol. The quantitative estimate of drug-likeness (QED) is 0.766. The van der Waals surface area contributed by atoms with Gasteiger partial charge in [0.1, 0.15) is 0 Å². The van der Waals surface area contributed by atoms with Crippen LogP contribution in [0.15, 0.2) is 30.3 Å². The SMILES string of the molecule is OC1CCCC1CCCOCc1ccccc1. The highest BCUT2D eigenvalue weighted by Crippen LogP contribution is 2.29. The zero-order valence-electron chi connectivity index (χ0n) is 10.3. The van der Waals surface area contributed by atoms with E-state index < -0.39 is 0 Å². The van der Waals surface area contributed by atoms with Gasteiger partial charge in [-0.05, 0) is 37.2 Å². The number of hydrogen-bond acceptors (Lipinski definition) is 2. The average Bonchev–Trinajstić information content (AvgIpc) is 2.76. The fourth-order valence-electron chi connectivity index (χ4n) is 2.57. The van der Waals surface area contributed by atoms with Crippen LogP contribution >= 0.6 is 0 Å². The Morgan fingerprint density at radius 2 is 2.00 bits per heavy atom. The standard InChI is InChI=1S/C15H22O2/c16-15-10-4-8-14(15)9-5-11-17-12-13-6-2-1-3-7-13/h1-3,6-7,14-16H,4-5,8-12H2. The third kappa shape index (κ3) is 4.14. The minimum absolute atomic E-state index is 0.0517. The van der Waals surface area contributed by atoms with Crippen LogP contribution in [-0.2, 0) is 11.3 Å². The molecule has 1 saturated carbocycles. The lowest BCUT2D eigenvalue weighted by molar-refractivity contribution is 0.0949. The molecule has 0 bridgehead atoms. The summed E-state index contributed by atoms with van der Waals surface area (Å²) in [5.41, 5.74) is 1.23. The second kappa shape index (κ2) is 6.77. The summed E-state index contributed by atoms with van der Waals surface area (Å²) in [6, 6.07) is 10.3. The highest BCUT2D eigenvalue weighted by molar-refractivity contribution is 5.13. The van der Waals surface area contributed by atoms with Crippen molar-refractivity contribution in [2.24, 2.45) is 5.92 Å². The molecule has 1 aromatic carbocycles. The van der Waals surface area contributed by atoms with Gasteiger partial charge in [-0.1, -0.05) is 36.8 Å². The molecule has 0 amide bonds. The van der Waals surface area contributed by atoms with Crippen LogP contribution in [0.4, 0.5) is 0 Å². The molecule has 17 heavy (non-hydrogen) atoms. The molecule has 0 spiro atoms. The predicted molar refractivity (Wildman–Crippen MR) is 68.7 cm³/mol.